The van der Waals surface area contributed by atoms with Crippen molar-refractivity contribution in [2.45, 2.75) is 44.7 Å². The van der Waals surface area contributed by atoms with Crippen molar-refractivity contribution in [3.63, 3.8) is 0 Å². The summed E-state index contributed by atoms with van der Waals surface area (Å²) in [6.45, 7) is 6.50. The van der Waals surface area contributed by atoms with Gasteiger partial charge in [-0.25, -0.2) is 0 Å². The molecule has 3 rings (SSSR count). The monoisotopic (exact) mass is 381 g/mol. The Morgan fingerprint density at radius 2 is 1.96 bits per heavy atom. The maximum absolute atomic E-state index is 13.1. The lowest BCUT2D eigenvalue weighted by molar-refractivity contribution is -0.135. The Balaban J connectivity index is 0.00000243. The maximum Gasteiger partial charge on any atom is 0.237 e. The first kappa shape index (κ1) is 21.0. The van der Waals surface area contributed by atoms with Gasteiger partial charge >= 0.3 is 0 Å². The number of halogens is 1. The molecule has 0 spiro atoms. The molecule has 5 nitrogen and oxygen atoms in total. The number of benzene rings is 1. The molecule has 2 saturated heterocycles. The maximum atomic E-state index is 13.1. The molecule has 2 fully saturated rings. The number of nitrogens with zero attached hydrogens (tertiary/aromatic N) is 2. The van der Waals surface area contributed by atoms with Gasteiger partial charge in [-0.2, -0.15) is 0 Å². The number of hydrogen-bond acceptors (Lipinski definition) is 4. The number of amides is 1. The van der Waals surface area contributed by atoms with Crippen molar-refractivity contribution in [1.82, 2.24) is 15.1 Å². The van der Waals surface area contributed by atoms with Gasteiger partial charge in [-0.1, -0.05) is 25.0 Å². The molecule has 2 heterocycles. The van der Waals surface area contributed by atoms with Crippen LogP contribution >= 0.6 is 12.4 Å². The van der Waals surface area contributed by atoms with Crippen LogP contribution in [0.15, 0.2) is 24.3 Å². The van der Waals surface area contributed by atoms with Crippen LogP contribution in [0.4, 0.5) is 0 Å². The zero-order valence-corrected chi connectivity index (χ0v) is 16.8. The summed E-state index contributed by atoms with van der Waals surface area (Å²) >= 11 is 0. The van der Waals surface area contributed by atoms with Crippen molar-refractivity contribution < 1.29 is 9.53 Å². The lowest BCUT2D eigenvalue weighted by Crippen LogP contribution is -2.53. The molecule has 0 aliphatic carbocycles. The van der Waals surface area contributed by atoms with Gasteiger partial charge in [0.25, 0.3) is 0 Å². The van der Waals surface area contributed by atoms with Crippen molar-refractivity contribution in [2.24, 2.45) is 0 Å². The highest BCUT2D eigenvalue weighted by Crippen LogP contribution is 2.31. The molecule has 1 N–H and O–H groups in total. The van der Waals surface area contributed by atoms with Crippen LogP contribution in [0.25, 0.3) is 0 Å². The number of carbonyl (C=O) groups excluding carboxylic acids is 1. The van der Waals surface area contributed by atoms with Gasteiger partial charge in [0.1, 0.15) is 5.75 Å². The summed E-state index contributed by atoms with van der Waals surface area (Å²) in [6, 6.07) is 8.84. The van der Waals surface area contributed by atoms with E-state index in [1.165, 1.54) is 18.4 Å². The van der Waals surface area contributed by atoms with Crippen LogP contribution in [0, 0.1) is 0 Å². The van der Waals surface area contributed by atoms with E-state index in [0.717, 1.165) is 44.8 Å². The number of carbonyl (C=O) groups is 1. The van der Waals surface area contributed by atoms with E-state index < -0.39 is 0 Å². The normalized spacial score (nSPS) is 24.5. The number of piperazine rings is 1. The van der Waals surface area contributed by atoms with Crippen LogP contribution in [0.1, 0.15) is 44.2 Å². The molecule has 1 aromatic carbocycles. The number of nitrogens with one attached hydrogen (secondary N) is 1. The zero-order chi connectivity index (χ0) is 17.6. The molecule has 2 atom stereocenters. The third kappa shape index (κ3) is 5.12. The first-order valence-electron chi connectivity index (χ1n) is 9.57. The predicted octanol–water partition coefficient (Wildman–Crippen LogP) is 2.85. The molecule has 0 radical (unpaired) electrons. The summed E-state index contributed by atoms with van der Waals surface area (Å²) < 4.78 is 5.27. The highest BCUT2D eigenvalue weighted by atomic mass is 35.5. The highest BCUT2D eigenvalue weighted by molar-refractivity contribution is 5.85. The highest BCUT2D eigenvalue weighted by Gasteiger charge is 2.29. The molecule has 6 heteroatoms. The van der Waals surface area contributed by atoms with Crippen LogP contribution < -0.4 is 10.1 Å². The molecule has 2 aliphatic rings. The lowest BCUT2D eigenvalue weighted by Gasteiger charge is -2.37. The molecule has 146 valence electrons. The number of rotatable bonds is 4. The number of likely N-dealkylation sites (tertiary alicyclic amines) is 1. The van der Waals surface area contributed by atoms with E-state index in [0.29, 0.717) is 12.6 Å². The second kappa shape index (κ2) is 10.1. The Morgan fingerprint density at radius 3 is 2.65 bits per heavy atom. The van der Waals surface area contributed by atoms with E-state index in [9.17, 15) is 4.79 Å². The van der Waals surface area contributed by atoms with Gasteiger partial charge in [-0.05, 0) is 37.5 Å². The quantitative estimate of drug-likeness (QED) is 0.871. The van der Waals surface area contributed by atoms with Crippen molar-refractivity contribution in [3.05, 3.63) is 29.8 Å². The van der Waals surface area contributed by atoms with Gasteiger partial charge < -0.3 is 15.0 Å². The van der Waals surface area contributed by atoms with Crippen LogP contribution in [-0.4, -0.2) is 61.6 Å². The average molecular weight is 382 g/mol. The summed E-state index contributed by atoms with van der Waals surface area (Å²) in [6.07, 6.45) is 4.55. The molecule has 0 aromatic heterocycles. The fraction of sp³-hybridized carbons (Fsp3) is 0.650. The Bertz CT molecular complexity index is 567. The van der Waals surface area contributed by atoms with Gasteiger partial charge in [-0.3, -0.25) is 9.69 Å². The largest absolute Gasteiger partial charge is 0.497 e. The zero-order valence-electron chi connectivity index (χ0n) is 15.9. The standard InChI is InChI=1S/C20H31N3O2.ClH/c1-16-14-21-11-13-22(16)15-20(24)23-12-5-3-4-6-19(23)17-7-9-18(25-2)10-8-17;/h7-10,16,19,21H,3-6,11-15H2,1-2H3;1H/t16-,19?;/m1./s1. The van der Waals surface area contributed by atoms with Gasteiger partial charge in [0.15, 0.2) is 0 Å². The molecular weight excluding hydrogens is 350 g/mol. The van der Waals surface area contributed by atoms with Crippen LogP contribution in [-0.2, 0) is 4.79 Å². The first-order valence-corrected chi connectivity index (χ1v) is 9.57. The molecule has 26 heavy (non-hydrogen) atoms. The third-order valence-electron chi connectivity index (χ3n) is 5.55. The van der Waals surface area contributed by atoms with E-state index in [-0.39, 0.29) is 24.4 Å². The fourth-order valence-electron chi connectivity index (χ4n) is 3.96. The Labute approximate surface area is 163 Å². The van der Waals surface area contributed by atoms with Gasteiger partial charge in [0.2, 0.25) is 5.91 Å². The van der Waals surface area contributed by atoms with E-state index in [1.807, 2.05) is 12.1 Å². The Morgan fingerprint density at radius 1 is 1.19 bits per heavy atom. The average Bonchev–Trinajstić information content (AvgIpc) is 2.90. The number of ether oxygens (including phenoxy) is 1. The minimum atomic E-state index is 0. The molecule has 1 amide bonds. The molecule has 1 unspecified atom stereocenters. The summed E-state index contributed by atoms with van der Waals surface area (Å²) in [4.78, 5) is 17.6. The second-order valence-corrected chi connectivity index (χ2v) is 7.25. The van der Waals surface area contributed by atoms with Crippen molar-refractivity contribution >= 4 is 18.3 Å². The topological polar surface area (TPSA) is 44.8 Å². The van der Waals surface area contributed by atoms with E-state index in [1.54, 1.807) is 7.11 Å². The van der Waals surface area contributed by atoms with Crippen LogP contribution in [0.5, 0.6) is 5.75 Å². The second-order valence-electron chi connectivity index (χ2n) is 7.25. The summed E-state index contributed by atoms with van der Waals surface area (Å²) in [5, 5.41) is 3.39. The molecular formula is C20H32ClN3O2. The van der Waals surface area contributed by atoms with E-state index in [2.05, 4.69) is 34.2 Å². The summed E-state index contributed by atoms with van der Waals surface area (Å²) in [5.41, 5.74) is 1.23. The van der Waals surface area contributed by atoms with Crippen molar-refractivity contribution in [1.29, 1.82) is 0 Å². The van der Waals surface area contributed by atoms with E-state index >= 15 is 0 Å². The molecule has 1 aromatic rings. The van der Waals surface area contributed by atoms with Crippen molar-refractivity contribution in [3.8, 4) is 5.75 Å². The Hall–Kier alpha value is -1.30. The Kier molecular flexibility index (Phi) is 8.19. The van der Waals surface area contributed by atoms with Crippen LogP contribution in [0.2, 0.25) is 0 Å². The number of hydrogen-bond donors (Lipinski definition) is 1. The van der Waals surface area contributed by atoms with Crippen LogP contribution in [0.3, 0.4) is 0 Å². The fourth-order valence-corrected chi connectivity index (χ4v) is 3.96. The minimum Gasteiger partial charge on any atom is -0.497 e. The third-order valence-corrected chi connectivity index (χ3v) is 5.55. The summed E-state index contributed by atoms with van der Waals surface area (Å²) in [7, 11) is 1.69. The van der Waals surface area contributed by atoms with Gasteiger partial charge in [0.05, 0.1) is 19.7 Å². The van der Waals surface area contributed by atoms with Gasteiger partial charge in [0, 0.05) is 32.2 Å². The smallest absolute Gasteiger partial charge is 0.237 e. The molecule has 0 bridgehead atoms. The minimum absolute atomic E-state index is 0. The lowest BCUT2D eigenvalue weighted by atomic mass is 10.0. The van der Waals surface area contributed by atoms with Gasteiger partial charge in [-0.15, -0.1) is 12.4 Å². The molecule has 0 saturated carbocycles. The first-order chi connectivity index (χ1) is 12.2. The predicted molar refractivity (Wildman–Crippen MR) is 107 cm³/mol. The SMILES string of the molecule is COc1ccc(C2CCCCCN2C(=O)CN2CCNC[C@H]2C)cc1.Cl. The number of methoxy groups -OCH3 is 1. The van der Waals surface area contributed by atoms with E-state index in [4.69, 9.17) is 4.74 Å². The van der Waals surface area contributed by atoms with Crippen molar-refractivity contribution in [2.75, 3.05) is 39.8 Å². The summed E-state index contributed by atoms with van der Waals surface area (Å²) in [5.74, 6) is 1.14. The molecule has 2 aliphatic heterocycles.